The Hall–Kier alpha value is -1.21. The van der Waals surface area contributed by atoms with Gasteiger partial charge in [-0.2, -0.15) is 0 Å². The van der Waals surface area contributed by atoms with Crippen molar-refractivity contribution in [3.05, 3.63) is 24.5 Å². The van der Waals surface area contributed by atoms with Gasteiger partial charge in [-0.1, -0.05) is 17.9 Å². The van der Waals surface area contributed by atoms with Gasteiger partial charge in [0.15, 0.2) is 9.84 Å². The van der Waals surface area contributed by atoms with E-state index in [1.54, 1.807) is 6.92 Å². The standard InChI is InChI=1S/C10H14O3S/c1-5-10(14(4,11)12)8-6-7-9(2)13-3/h5,7,10H,1H2,2-4H3/b9-7+. The van der Waals surface area contributed by atoms with E-state index in [9.17, 15) is 8.42 Å². The monoisotopic (exact) mass is 214 g/mol. The molecule has 0 aromatic heterocycles. The van der Waals surface area contributed by atoms with Crippen LogP contribution in [0.15, 0.2) is 24.5 Å². The van der Waals surface area contributed by atoms with Crippen LogP contribution in [0.2, 0.25) is 0 Å². The maximum absolute atomic E-state index is 11.1. The van der Waals surface area contributed by atoms with E-state index in [1.807, 2.05) is 0 Å². The van der Waals surface area contributed by atoms with Crippen LogP contribution in [0.5, 0.6) is 0 Å². The summed E-state index contributed by atoms with van der Waals surface area (Å²) in [4.78, 5) is 0. The number of rotatable bonds is 3. The molecule has 0 amide bonds. The minimum Gasteiger partial charge on any atom is -0.501 e. The molecule has 0 N–H and O–H groups in total. The van der Waals surface area contributed by atoms with E-state index < -0.39 is 15.1 Å². The van der Waals surface area contributed by atoms with Crippen LogP contribution < -0.4 is 0 Å². The molecule has 0 heterocycles. The quantitative estimate of drug-likeness (QED) is 0.402. The molecule has 14 heavy (non-hydrogen) atoms. The lowest BCUT2D eigenvalue weighted by Crippen LogP contribution is -2.14. The van der Waals surface area contributed by atoms with Crippen LogP contribution in [0.4, 0.5) is 0 Å². The molecular weight excluding hydrogens is 200 g/mol. The van der Waals surface area contributed by atoms with Crippen LogP contribution in [0.25, 0.3) is 0 Å². The van der Waals surface area contributed by atoms with Gasteiger partial charge in [0.05, 0.1) is 7.11 Å². The van der Waals surface area contributed by atoms with Crippen molar-refractivity contribution in [3.63, 3.8) is 0 Å². The Morgan fingerprint density at radius 2 is 2.14 bits per heavy atom. The van der Waals surface area contributed by atoms with Crippen LogP contribution in [0.1, 0.15) is 6.92 Å². The van der Waals surface area contributed by atoms with Crippen molar-refractivity contribution in [2.45, 2.75) is 12.2 Å². The Labute approximate surface area is 85.4 Å². The second-order valence-electron chi connectivity index (χ2n) is 2.73. The van der Waals surface area contributed by atoms with Gasteiger partial charge in [-0.15, -0.1) is 6.58 Å². The lowest BCUT2D eigenvalue weighted by Gasteiger charge is -1.99. The second-order valence-corrected chi connectivity index (χ2v) is 4.90. The third-order valence-electron chi connectivity index (χ3n) is 1.50. The lowest BCUT2D eigenvalue weighted by atomic mass is 10.4. The molecule has 0 aliphatic rings. The van der Waals surface area contributed by atoms with Gasteiger partial charge in [0, 0.05) is 12.3 Å². The number of ether oxygens (including phenoxy) is 1. The molecule has 0 rings (SSSR count). The van der Waals surface area contributed by atoms with Crippen LogP contribution >= 0.6 is 0 Å². The van der Waals surface area contributed by atoms with Crippen LogP contribution in [0, 0.1) is 11.8 Å². The van der Waals surface area contributed by atoms with Gasteiger partial charge in [0.1, 0.15) is 11.0 Å². The number of allylic oxidation sites excluding steroid dienone is 2. The molecule has 4 heteroatoms. The number of hydrogen-bond acceptors (Lipinski definition) is 3. The summed E-state index contributed by atoms with van der Waals surface area (Å²) >= 11 is 0. The summed E-state index contributed by atoms with van der Waals surface area (Å²) in [5, 5.41) is -0.816. The first kappa shape index (κ1) is 12.8. The minimum atomic E-state index is -3.18. The Morgan fingerprint density at radius 1 is 1.57 bits per heavy atom. The molecule has 0 fully saturated rings. The first-order chi connectivity index (χ1) is 6.41. The topological polar surface area (TPSA) is 43.4 Å². The first-order valence-electron chi connectivity index (χ1n) is 3.95. The van der Waals surface area contributed by atoms with Crippen molar-refractivity contribution in [2.75, 3.05) is 13.4 Å². The predicted molar refractivity (Wildman–Crippen MR) is 57.4 cm³/mol. The number of hydrogen-bond donors (Lipinski definition) is 0. The Kier molecular flexibility index (Phi) is 5.03. The molecule has 1 unspecified atom stereocenters. The van der Waals surface area contributed by atoms with Gasteiger partial charge in [-0.05, 0) is 6.92 Å². The highest BCUT2D eigenvalue weighted by atomic mass is 32.2. The zero-order chi connectivity index (χ0) is 11.2. The summed E-state index contributed by atoms with van der Waals surface area (Å²) in [6, 6.07) is 0. The molecule has 78 valence electrons. The SMILES string of the molecule is C=CC(C#C/C=C(\C)OC)S(C)(=O)=O. The van der Waals surface area contributed by atoms with Gasteiger partial charge in [0.2, 0.25) is 0 Å². The van der Waals surface area contributed by atoms with Gasteiger partial charge < -0.3 is 4.74 Å². The maximum Gasteiger partial charge on any atom is 0.165 e. The van der Waals surface area contributed by atoms with E-state index in [0.717, 1.165) is 6.26 Å². The molecule has 0 aromatic carbocycles. The maximum atomic E-state index is 11.1. The van der Waals surface area contributed by atoms with Crippen molar-refractivity contribution in [1.82, 2.24) is 0 Å². The van der Waals surface area contributed by atoms with Crippen LogP contribution in [-0.2, 0) is 14.6 Å². The summed E-state index contributed by atoms with van der Waals surface area (Å²) in [7, 11) is -1.66. The third kappa shape index (κ3) is 4.73. The molecule has 0 aliphatic carbocycles. The van der Waals surface area contributed by atoms with Gasteiger partial charge >= 0.3 is 0 Å². The van der Waals surface area contributed by atoms with E-state index in [4.69, 9.17) is 4.74 Å². The van der Waals surface area contributed by atoms with E-state index in [2.05, 4.69) is 18.4 Å². The molecule has 0 bridgehead atoms. The highest BCUT2D eigenvalue weighted by Crippen LogP contribution is 1.98. The zero-order valence-electron chi connectivity index (χ0n) is 8.57. The van der Waals surface area contributed by atoms with Crippen molar-refractivity contribution >= 4 is 9.84 Å². The second kappa shape index (κ2) is 5.51. The van der Waals surface area contributed by atoms with Gasteiger partial charge in [0.25, 0.3) is 0 Å². The fourth-order valence-electron chi connectivity index (χ4n) is 0.625. The Balaban J connectivity index is 4.72. The fourth-order valence-corrected chi connectivity index (χ4v) is 1.26. The summed E-state index contributed by atoms with van der Waals surface area (Å²) in [5.41, 5.74) is 0. The van der Waals surface area contributed by atoms with Crippen molar-refractivity contribution in [3.8, 4) is 11.8 Å². The third-order valence-corrected chi connectivity index (χ3v) is 2.73. The normalized spacial score (nSPS) is 13.8. The average Bonchev–Trinajstić information content (AvgIpc) is 2.09. The highest BCUT2D eigenvalue weighted by Gasteiger charge is 2.12. The van der Waals surface area contributed by atoms with E-state index in [1.165, 1.54) is 19.3 Å². The molecule has 0 radical (unpaired) electrons. The van der Waals surface area contributed by atoms with E-state index >= 15 is 0 Å². The Morgan fingerprint density at radius 3 is 2.50 bits per heavy atom. The van der Waals surface area contributed by atoms with Crippen LogP contribution in [0.3, 0.4) is 0 Å². The highest BCUT2D eigenvalue weighted by molar-refractivity contribution is 7.91. The van der Waals surface area contributed by atoms with E-state index in [-0.39, 0.29) is 0 Å². The summed E-state index contributed by atoms with van der Waals surface area (Å²) in [5.74, 6) is 5.80. The van der Waals surface area contributed by atoms with E-state index in [0.29, 0.717) is 5.76 Å². The number of methoxy groups -OCH3 is 1. The summed E-state index contributed by atoms with van der Waals surface area (Å²) < 4.78 is 27.0. The molecule has 0 saturated heterocycles. The molecular formula is C10H14O3S. The van der Waals surface area contributed by atoms with Crippen molar-refractivity contribution in [1.29, 1.82) is 0 Å². The molecule has 3 nitrogen and oxygen atoms in total. The molecule has 0 saturated carbocycles. The van der Waals surface area contributed by atoms with Crippen molar-refractivity contribution < 1.29 is 13.2 Å². The molecule has 0 aromatic rings. The fraction of sp³-hybridized carbons (Fsp3) is 0.400. The lowest BCUT2D eigenvalue weighted by molar-refractivity contribution is 0.294. The predicted octanol–water partition coefficient (Wildman–Crippen LogP) is 1.14. The first-order valence-corrected chi connectivity index (χ1v) is 5.90. The Bertz CT molecular complexity index is 379. The zero-order valence-corrected chi connectivity index (χ0v) is 9.39. The summed E-state index contributed by atoms with van der Waals surface area (Å²) in [6.07, 6.45) is 3.95. The molecule has 0 spiro atoms. The number of sulfone groups is 1. The molecule has 1 atom stereocenters. The summed E-state index contributed by atoms with van der Waals surface area (Å²) in [6.45, 7) is 5.15. The van der Waals surface area contributed by atoms with Gasteiger partial charge in [-0.25, -0.2) is 8.42 Å². The largest absolute Gasteiger partial charge is 0.501 e. The molecule has 0 aliphatic heterocycles. The van der Waals surface area contributed by atoms with Gasteiger partial charge in [-0.3, -0.25) is 0 Å². The minimum absolute atomic E-state index is 0.633. The average molecular weight is 214 g/mol. The van der Waals surface area contributed by atoms with Crippen molar-refractivity contribution in [2.24, 2.45) is 0 Å². The smallest absolute Gasteiger partial charge is 0.165 e. The van der Waals surface area contributed by atoms with Crippen LogP contribution in [-0.4, -0.2) is 27.0 Å².